The number of imidazole rings is 1. The number of aromatic amines is 1. The quantitative estimate of drug-likeness (QED) is 0.587. The minimum atomic E-state index is -0.852. The molecule has 2 aromatic heterocycles. The summed E-state index contributed by atoms with van der Waals surface area (Å²) in [6, 6.07) is 0. The van der Waals surface area contributed by atoms with Gasteiger partial charge < -0.3 is 14.9 Å². The lowest BCUT2D eigenvalue weighted by molar-refractivity contribution is -0.118. The Morgan fingerprint density at radius 2 is 2.24 bits per heavy atom. The molecule has 4 atom stereocenters. The monoisotopic (exact) mass is 351 g/mol. The van der Waals surface area contributed by atoms with Gasteiger partial charge in [0.15, 0.2) is 11.2 Å². The average Bonchev–Trinajstić information content (AvgIpc) is 3.10. The highest BCUT2D eigenvalue weighted by Crippen LogP contribution is 2.35. The van der Waals surface area contributed by atoms with Crippen molar-refractivity contribution in [2.24, 2.45) is 11.8 Å². The van der Waals surface area contributed by atoms with Crippen LogP contribution in [-0.2, 0) is 9.53 Å². The number of aliphatic hydroxyl groups excluding tert-OH is 2. The third-order valence-electron chi connectivity index (χ3n) is 4.34. The van der Waals surface area contributed by atoms with Crippen molar-refractivity contribution >= 4 is 23.0 Å². The lowest BCUT2D eigenvalue weighted by atomic mass is 10.0. The van der Waals surface area contributed by atoms with Crippen LogP contribution in [0, 0.1) is 11.8 Å². The number of nitrogens with one attached hydrogen (secondary N) is 2. The van der Waals surface area contributed by atoms with E-state index in [9.17, 15) is 19.8 Å². The predicted octanol–water partition coefficient (Wildman–Crippen LogP) is -0.399. The van der Waals surface area contributed by atoms with E-state index in [1.54, 1.807) is 20.8 Å². The highest BCUT2D eigenvalue weighted by Gasteiger charge is 2.42. The summed E-state index contributed by atoms with van der Waals surface area (Å²) in [4.78, 5) is 34.8. The lowest BCUT2D eigenvalue weighted by Gasteiger charge is -2.17. The molecule has 4 N–H and O–H groups in total. The number of anilines is 1. The van der Waals surface area contributed by atoms with Crippen LogP contribution < -0.4 is 10.9 Å². The fourth-order valence-corrected chi connectivity index (χ4v) is 2.79. The van der Waals surface area contributed by atoms with Gasteiger partial charge in [-0.1, -0.05) is 20.8 Å². The minimum absolute atomic E-state index is 0.0165. The number of rotatable bonds is 4. The second-order valence-corrected chi connectivity index (χ2v) is 6.48. The smallest absolute Gasteiger partial charge is 0.280 e. The summed E-state index contributed by atoms with van der Waals surface area (Å²) in [5.74, 6) is -0.883. The van der Waals surface area contributed by atoms with E-state index in [1.807, 2.05) is 0 Å². The largest absolute Gasteiger partial charge is 0.394 e. The number of carbonyl (C=O) groups excluding carboxylic acids is 1. The van der Waals surface area contributed by atoms with Crippen LogP contribution in [0.4, 0.5) is 5.95 Å². The van der Waals surface area contributed by atoms with E-state index in [1.165, 1.54) is 10.9 Å². The SMILES string of the molecule is CC(C)C(=O)Nc1nc2c(ncn2C2OC(CO)C(O)C2C)c(=O)[nH]1. The lowest BCUT2D eigenvalue weighted by Crippen LogP contribution is -2.28. The van der Waals surface area contributed by atoms with Gasteiger partial charge >= 0.3 is 0 Å². The number of ether oxygens (including phenoxy) is 1. The van der Waals surface area contributed by atoms with Crippen LogP contribution in [-0.4, -0.2) is 54.5 Å². The molecule has 0 saturated carbocycles. The molecule has 0 aliphatic carbocycles. The molecule has 0 spiro atoms. The average molecular weight is 351 g/mol. The predicted molar refractivity (Wildman–Crippen MR) is 87.8 cm³/mol. The molecule has 4 unspecified atom stereocenters. The molecular formula is C15H21N5O5. The summed E-state index contributed by atoms with van der Waals surface area (Å²) in [7, 11) is 0. The van der Waals surface area contributed by atoms with Gasteiger partial charge in [0.2, 0.25) is 11.9 Å². The summed E-state index contributed by atoms with van der Waals surface area (Å²) >= 11 is 0. The van der Waals surface area contributed by atoms with E-state index in [2.05, 4.69) is 20.3 Å². The van der Waals surface area contributed by atoms with Crippen LogP contribution in [0.3, 0.4) is 0 Å². The van der Waals surface area contributed by atoms with E-state index in [0.717, 1.165) is 0 Å². The zero-order valence-electron chi connectivity index (χ0n) is 14.1. The zero-order valence-corrected chi connectivity index (χ0v) is 14.1. The van der Waals surface area contributed by atoms with Gasteiger partial charge in [-0.3, -0.25) is 24.5 Å². The third kappa shape index (κ3) is 3.03. The Hall–Kier alpha value is -2.30. The van der Waals surface area contributed by atoms with Gasteiger partial charge in [-0.25, -0.2) is 4.98 Å². The van der Waals surface area contributed by atoms with Gasteiger partial charge in [0, 0.05) is 11.8 Å². The number of amides is 1. The molecule has 136 valence electrons. The van der Waals surface area contributed by atoms with Gasteiger partial charge in [-0.05, 0) is 0 Å². The molecule has 0 bridgehead atoms. The van der Waals surface area contributed by atoms with Gasteiger partial charge in [0.1, 0.15) is 12.3 Å². The fraction of sp³-hybridized carbons (Fsp3) is 0.600. The second-order valence-electron chi connectivity index (χ2n) is 6.48. The fourth-order valence-electron chi connectivity index (χ4n) is 2.79. The van der Waals surface area contributed by atoms with Crippen LogP contribution in [0.2, 0.25) is 0 Å². The van der Waals surface area contributed by atoms with Crippen molar-refractivity contribution in [1.82, 2.24) is 19.5 Å². The normalized spacial score (nSPS) is 26.5. The number of hydrogen-bond donors (Lipinski definition) is 4. The Morgan fingerprint density at radius 3 is 2.84 bits per heavy atom. The molecule has 10 heteroatoms. The summed E-state index contributed by atoms with van der Waals surface area (Å²) in [5.41, 5.74) is -0.168. The maximum atomic E-state index is 12.2. The van der Waals surface area contributed by atoms with Gasteiger partial charge in [-0.2, -0.15) is 4.98 Å². The molecule has 2 aromatic rings. The van der Waals surface area contributed by atoms with Gasteiger partial charge in [-0.15, -0.1) is 0 Å². The topological polar surface area (TPSA) is 142 Å². The first-order chi connectivity index (χ1) is 11.8. The van der Waals surface area contributed by atoms with Crippen LogP contribution in [0.1, 0.15) is 27.0 Å². The number of hydrogen-bond acceptors (Lipinski definition) is 7. The number of aromatic nitrogens is 4. The molecule has 1 aliphatic rings. The van der Waals surface area contributed by atoms with Crippen molar-refractivity contribution in [2.45, 2.75) is 39.2 Å². The summed E-state index contributed by atoms with van der Waals surface area (Å²) in [6.45, 7) is 4.89. The number of carbonyl (C=O) groups is 1. The van der Waals surface area contributed by atoms with E-state index in [0.29, 0.717) is 0 Å². The van der Waals surface area contributed by atoms with Crippen molar-refractivity contribution < 1.29 is 19.7 Å². The number of H-pyrrole nitrogens is 1. The molecule has 1 saturated heterocycles. The maximum Gasteiger partial charge on any atom is 0.280 e. The number of aliphatic hydroxyl groups is 2. The maximum absolute atomic E-state index is 12.2. The van der Waals surface area contributed by atoms with Crippen LogP contribution in [0.15, 0.2) is 11.1 Å². The van der Waals surface area contributed by atoms with Crippen LogP contribution in [0.5, 0.6) is 0 Å². The molecule has 1 fully saturated rings. The first-order valence-corrected chi connectivity index (χ1v) is 8.05. The Morgan fingerprint density at radius 1 is 1.52 bits per heavy atom. The summed E-state index contributed by atoms with van der Waals surface area (Å²) in [5, 5.41) is 22.0. The zero-order chi connectivity index (χ0) is 18.3. The van der Waals surface area contributed by atoms with E-state index >= 15 is 0 Å². The van der Waals surface area contributed by atoms with E-state index in [-0.39, 0.29) is 41.5 Å². The molecule has 0 radical (unpaired) electrons. The highest BCUT2D eigenvalue weighted by molar-refractivity contribution is 5.91. The number of fused-ring (bicyclic) bond motifs is 1. The van der Waals surface area contributed by atoms with Crippen LogP contribution >= 0.6 is 0 Å². The van der Waals surface area contributed by atoms with Gasteiger partial charge in [0.05, 0.1) is 19.0 Å². The van der Waals surface area contributed by atoms with Crippen molar-refractivity contribution in [3.8, 4) is 0 Å². The molecule has 25 heavy (non-hydrogen) atoms. The van der Waals surface area contributed by atoms with Gasteiger partial charge in [0.25, 0.3) is 5.56 Å². The molecule has 3 heterocycles. The first-order valence-electron chi connectivity index (χ1n) is 8.05. The van der Waals surface area contributed by atoms with Crippen molar-refractivity contribution in [2.75, 3.05) is 11.9 Å². The van der Waals surface area contributed by atoms with Crippen molar-refractivity contribution in [3.05, 3.63) is 16.7 Å². The standard InChI is InChI=1S/C15H21N5O5/c1-6(2)12(23)18-15-17-11-9(13(24)19-15)16-5-20(11)14-7(3)10(22)8(4-21)25-14/h5-8,10,14,21-22H,4H2,1-3H3,(H2,17,18,19,23,24). The Bertz CT molecular complexity index is 844. The number of nitrogens with zero attached hydrogens (tertiary/aromatic N) is 3. The Labute approximate surface area is 142 Å². The molecular weight excluding hydrogens is 330 g/mol. The van der Waals surface area contributed by atoms with Crippen molar-refractivity contribution in [3.63, 3.8) is 0 Å². The third-order valence-corrected chi connectivity index (χ3v) is 4.34. The molecule has 1 amide bonds. The molecule has 0 aromatic carbocycles. The Kier molecular flexibility index (Phi) is 4.58. The Balaban J connectivity index is 2.01. The van der Waals surface area contributed by atoms with E-state index in [4.69, 9.17) is 4.74 Å². The summed E-state index contributed by atoms with van der Waals surface area (Å²) < 4.78 is 7.20. The molecule has 3 rings (SSSR count). The van der Waals surface area contributed by atoms with Crippen molar-refractivity contribution in [1.29, 1.82) is 0 Å². The first kappa shape index (κ1) is 17.5. The minimum Gasteiger partial charge on any atom is -0.394 e. The molecule has 1 aliphatic heterocycles. The van der Waals surface area contributed by atoms with E-state index < -0.39 is 24.0 Å². The molecule has 10 nitrogen and oxygen atoms in total. The van der Waals surface area contributed by atoms with Crippen LogP contribution in [0.25, 0.3) is 11.2 Å². The second kappa shape index (κ2) is 6.54. The summed E-state index contributed by atoms with van der Waals surface area (Å²) in [6.07, 6.45) is -0.816. The highest BCUT2D eigenvalue weighted by atomic mass is 16.5.